The van der Waals surface area contributed by atoms with Crippen molar-refractivity contribution in [3.05, 3.63) is 41.3 Å². The molecule has 21 heavy (non-hydrogen) atoms. The number of hydrogen-bond donors (Lipinski definition) is 1. The fraction of sp³-hybridized carbons (Fsp3) is 0.500. The standard InChI is InChI=1S/C16H22N4O/c1-12-15(13-6-8-17-9-7-13)10-18-20(12)11-14-4-3-5-16(19-14)21-2/h3-5,10,13,17H,6-9,11H2,1-2H3. The maximum atomic E-state index is 5.18. The summed E-state index contributed by atoms with van der Waals surface area (Å²) in [6.45, 7) is 5.05. The van der Waals surface area contributed by atoms with E-state index in [1.165, 1.54) is 24.1 Å². The molecule has 0 radical (unpaired) electrons. The highest BCUT2D eigenvalue weighted by atomic mass is 16.5. The predicted octanol–water partition coefficient (Wildman–Crippen LogP) is 2.11. The monoisotopic (exact) mass is 286 g/mol. The maximum Gasteiger partial charge on any atom is 0.213 e. The molecule has 0 saturated carbocycles. The van der Waals surface area contributed by atoms with Gasteiger partial charge in [-0.1, -0.05) is 6.07 Å². The van der Waals surface area contributed by atoms with Gasteiger partial charge in [0.15, 0.2) is 0 Å². The zero-order chi connectivity index (χ0) is 14.7. The Labute approximate surface area is 125 Å². The second kappa shape index (κ2) is 6.26. The number of piperidine rings is 1. The second-order valence-electron chi connectivity index (χ2n) is 5.54. The largest absolute Gasteiger partial charge is 0.481 e. The first-order valence-corrected chi connectivity index (χ1v) is 7.51. The topological polar surface area (TPSA) is 52.0 Å². The van der Waals surface area contributed by atoms with E-state index in [4.69, 9.17) is 4.74 Å². The Bertz CT molecular complexity index is 602. The quantitative estimate of drug-likeness (QED) is 0.935. The highest BCUT2D eigenvalue weighted by molar-refractivity contribution is 5.23. The Morgan fingerprint density at radius 2 is 2.14 bits per heavy atom. The van der Waals surface area contributed by atoms with Crippen LogP contribution in [0.25, 0.3) is 0 Å². The molecule has 0 aliphatic carbocycles. The van der Waals surface area contributed by atoms with E-state index in [0.717, 1.165) is 18.8 Å². The smallest absolute Gasteiger partial charge is 0.213 e. The van der Waals surface area contributed by atoms with Crippen LogP contribution in [0.1, 0.15) is 35.7 Å². The third-order valence-electron chi connectivity index (χ3n) is 4.22. The lowest BCUT2D eigenvalue weighted by atomic mass is 9.91. The van der Waals surface area contributed by atoms with Crippen LogP contribution in [0.4, 0.5) is 0 Å². The molecule has 0 amide bonds. The van der Waals surface area contributed by atoms with Gasteiger partial charge in [0, 0.05) is 11.8 Å². The average molecular weight is 286 g/mol. The van der Waals surface area contributed by atoms with Gasteiger partial charge in [0.05, 0.1) is 25.5 Å². The fourth-order valence-corrected chi connectivity index (χ4v) is 2.97. The van der Waals surface area contributed by atoms with E-state index >= 15 is 0 Å². The Balaban J connectivity index is 1.78. The van der Waals surface area contributed by atoms with Crippen LogP contribution in [0, 0.1) is 6.92 Å². The number of methoxy groups -OCH3 is 1. The molecular weight excluding hydrogens is 264 g/mol. The van der Waals surface area contributed by atoms with Crippen molar-refractivity contribution in [1.82, 2.24) is 20.1 Å². The minimum absolute atomic E-state index is 0.637. The van der Waals surface area contributed by atoms with E-state index < -0.39 is 0 Å². The van der Waals surface area contributed by atoms with E-state index in [0.29, 0.717) is 18.3 Å². The number of hydrogen-bond acceptors (Lipinski definition) is 4. The van der Waals surface area contributed by atoms with Crippen LogP contribution in [0.2, 0.25) is 0 Å². The number of ether oxygens (including phenoxy) is 1. The van der Waals surface area contributed by atoms with E-state index in [2.05, 4.69) is 22.3 Å². The lowest BCUT2D eigenvalue weighted by Gasteiger charge is -2.22. The number of nitrogens with zero attached hydrogens (tertiary/aromatic N) is 3. The molecule has 1 aliphatic heterocycles. The normalized spacial score (nSPS) is 16.1. The Morgan fingerprint density at radius 1 is 1.33 bits per heavy atom. The maximum absolute atomic E-state index is 5.18. The van der Waals surface area contributed by atoms with E-state index in [1.807, 2.05) is 29.1 Å². The summed E-state index contributed by atoms with van der Waals surface area (Å²) in [5.41, 5.74) is 3.61. The minimum Gasteiger partial charge on any atom is -0.481 e. The van der Waals surface area contributed by atoms with Crippen molar-refractivity contribution in [2.45, 2.75) is 32.2 Å². The average Bonchev–Trinajstić information content (AvgIpc) is 2.89. The molecular formula is C16H22N4O. The third-order valence-corrected chi connectivity index (χ3v) is 4.22. The van der Waals surface area contributed by atoms with E-state index in [9.17, 15) is 0 Å². The van der Waals surface area contributed by atoms with Crippen LogP contribution in [0.3, 0.4) is 0 Å². The van der Waals surface area contributed by atoms with Crippen LogP contribution in [-0.2, 0) is 6.54 Å². The van der Waals surface area contributed by atoms with Gasteiger partial charge in [-0.15, -0.1) is 0 Å². The lowest BCUT2D eigenvalue weighted by Crippen LogP contribution is -2.26. The highest BCUT2D eigenvalue weighted by Crippen LogP contribution is 2.27. The molecule has 112 valence electrons. The van der Waals surface area contributed by atoms with E-state index in [-0.39, 0.29) is 0 Å². The zero-order valence-corrected chi connectivity index (χ0v) is 12.7. The number of rotatable bonds is 4. The third kappa shape index (κ3) is 3.08. The summed E-state index contributed by atoms with van der Waals surface area (Å²) in [6, 6.07) is 5.83. The molecule has 2 aromatic heterocycles. The summed E-state index contributed by atoms with van der Waals surface area (Å²) < 4.78 is 7.22. The first-order chi connectivity index (χ1) is 10.3. The molecule has 0 spiro atoms. The lowest BCUT2D eigenvalue weighted by molar-refractivity contribution is 0.395. The molecule has 1 saturated heterocycles. The molecule has 1 N–H and O–H groups in total. The molecule has 5 heteroatoms. The first kappa shape index (κ1) is 14.1. The molecule has 5 nitrogen and oxygen atoms in total. The van der Waals surface area contributed by atoms with Crippen molar-refractivity contribution in [2.75, 3.05) is 20.2 Å². The summed E-state index contributed by atoms with van der Waals surface area (Å²) in [5.74, 6) is 1.29. The van der Waals surface area contributed by atoms with Gasteiger partial charge in [0.2, 0.25) is 5.88 Å². The van der Waals surface area contributed by atoms with Gasteiger partial charge in [-0.05, 0) is 50.4 Å². The van der Waals surface area contributed by atoms with Gasteiger partial charge >= 0.3 is 0 Å². The van der Waals surface area contributed by atoms with Crippen LogP contribution in [-0.4, -0.2) is 35.0 Å². The van der Waals surface area contributed by atoms with Gasteiger partial charge in [-0.3, -0.25) is 4.68 Å². The molecule has 3 rings (SSSR count). The fourth-order valence-electron chi connectivity index (χ4n) is 2.97. The SMILES string of the molecule is COc1cccc(Cn2ncc(C3CCNCC3)c2C)n1. The van der Waals surface area contributed by atoms with Crippen molar-refractivity contribution < 1.29 is 4.74 Å². The number of pyridine rings is 1. The van der Waals surface area contributed by atoms with Gasteiger partial charge in [0.1, 0.15) is 0 Å². The van der Waals surface area contributed by atoms with Crippen LogP contribution < -0.4 is 10.1 Å². The van der Waals surface area contributed by atoms with Crippen molar-refractivity contribution in [3.8, 4) is 5.88 Å². The van der Waals surface area contributed by atoms with Crippen LogP contribution in [0.5, 0.6) is 5.88 Å². The van der Waals surface area contributed by atoms with Crippen molar-refractivity contribution in [1.29, 1.82) is 0 Å². The molecule has 1 fully saturated rings. The number of aromatic nitrogens is 3. The van der Waals surface area contributed by atoms with Crippen molar-refractivity contribution in [3.63, 3.8) is 0 Å². The van der Waals surface area contributed by atoms with Gasteiger partial charge < -0.3 is 10.1 Å². The molecule has 2 aromatic rings. The predicted molar refractivity (Wildman–Crippen MR) is 81.7 cm³/mol. The highest BCUT2D eigenvalue weighted by Gasteiger charge is 2.19. The van der Waals surface area contributed by atoms with Crippen LogP contribution in [0.15, 0.2) is 24.4 Å². The van der Waals surface area contributed by atoms with Gasteiger partial charge in [0.25, 0.3) is 0 Å². The first-order valence-electron chi connectivity index (χ1n) is 7.51. The molecule has 0 atom stereocenters. The molecule has 0 bridgehead atoms. The second-order valence-corrected chi connectivity index (χ2v) is 5.54. The van der Waals surface area contributed by atoms with Gasteiger partial charge in [-0.25, -0.2) is 4.98 Å². The molecule has 3 heterocycles. The summed E-state index contributed by atoms with van der Waals surface area (Å²) >= 11 is 0. The van der Waals surface area contributed by atoms with E-state index in [1.54, 1.807) is 7.11 Å². The Kier molecular flexibility index (Phi) is 4.20. The Hall–Kier alpha value is -1.88. The summed E-state index contributed by atoms with van der Waals surface area (Å²) in [6.07, 6.45) is 4.43. The molecule has 0 aromatic carbocycles. The van der Waals surface area contributed by atoms with Crippen LogP contribution >= 0.6 is 0 Å². The van der Waals surface area contributed by atoms with Crippen molar-refractivity contribution >= 4 is 0 Å². The van der Waals surface area contributed by atoms with Gasteiger partial charge in [-0.2, -0.15) is 5.10 Å². The molecule has 1 aliphatic rings. The zero-order valence-electron chi connectivity index (χ0n) is 12.7. The minimum atomic E-state index is 0.637. The molecule has 0 unspecified atom stereocenters. The van der Waals surface area contributed by atoms with Crippen molar-refractivity contribution in [2.24, 2.45) is 0 Å². The summed E-state index contributed by atoms with van der Waals surface area (Å²) in [7, 11) is 1.64. The Morgan fingerprint density at radius 3 is 2.90 bits per heavy atom. The summed E-state index contributed by atoms with van der Waals surface area (Å²) in [4.78, 5) is 4.46. The summed E-state index contributed by atoms with van der Waals surface area (Å²) in [5, 5.41) is 7.97. The number of nitrogens with one attached hydrogen (secondary N) is 1.